The number of aromatic nitrogens is 1. The van der Waals surface area contributed by atoms with Gasteiger partial charge in [-0.05, 0) is 12.5 Å². The van der Waals surface area contributed by atoms with Gasteiger partial charge in [-0.25, -0.2) is 27.3 Å². The molecule has 0 spiro atoms. The van der Waals surface area contributed by atoms with Crippen LogP contribution in [0.3, 0.4) is 0 Å². The van der Waals surface area contributed by atoms with Crippen LogP contribution in [0.15, 0.2) is 11.1 Å². The molecule has 0 aliphatic heterocycles. The lowest BCUT2D eigenvalue weighted by Gasteiger charge is -2.08. The molecule has 0 atom stereocenters. The van der Waals surface area contributed by atoms with E-state index in [1.54, 1.807) is 0 Å². The van der Waals surface area contributed by atoms with Crippen LogP contribution in [0.25, 0.3) is 0 Å². The van der Waals surface area contributed by atoms with Gasteiger partial charge < -0.3 is 5.73 Å². The number of pyridine rings is 1. The van der Waals surface area contributed by atoms with E-state index in [9.17, 15) is 17.2 Å². The van der Waals surface area contributed by atoms with Gasteiger partial charge in [0.15, 0.2) is 5.03 Å². The van der Waals surface area contributed by atoms with Crippen LogP contribution in [0.4, 0.5) is 14.5 Å². The van der Waals surface area contributed by atoms with E-state index >= 15 is 0 Å². The molecular formula is C7H9F2N3O2S. The zero-order chi connectivity index (χ0) is 11.8. The van der Waals surface area contributed by atoms with Crippen LogP contribution in [0.5, 0.6) is 0 Å². The molecule has 0 aliphatic carbocycles. The maximum atomic E-state index is 12.4. The van der Waals surface area contributed by atoms with Gasteiger partial charge in [0, 0.05) is 11.8 Å². The van der Waals surface area contributed by atoms with Crippen molar-refractivity contribution >= 4 is 15.7 Å². The average molecular weight is 237 g/mol. The van der Waals surface area contributed by atoms with Crippen LogP contribution in [-0.2, 0) is 10.0 Å². The Balaban J connectivity index is 3.50. The first-order valence-corrected chi connectivity index (χ1v) is 5.36. The minimum Gasteiger partial charge on any atom is -0.398 e. The number of primary sulfonamides is 1. The number of sulfonamides is 1. The number of nitrogens with zero attached hydrogens (tertiary/aromatic N) is 1. The van der Waals surface area contributed by atoms with Crippen LogP contribution in [0.1, 0.15) is 17.7 Å². The predicted molar refractivity (Wildman–Crippen MR) is 49.7 cm³/mol. The second kappa shape index (κ2) is 3.70. The molecule has 0 radical (unpaired) electrons. The fourth-order valence-corrected chi connectivity index (χ4v) is 1.50. The van der Waals surface area contributed by atoms with Gasteiger partial charge in [-0.2, -0.15) is 0 Å². The van der Waals surface area contributed by atoms with Gasteiger partial charge in [0.05, 0.1) is 0 Å². The van der Waals surface area contributed by atoms with Crippen LogP contribution in [0, 0.1) is 6.92 Å². The number of alkyl halides is 2. The fourth-order valence-electron chi connectivity index (χ4n) is 0.982. The van der Waals surface area contributed by atoms with Gasteiger partial charge in [-0.1, -0.05) is 0 Å². The molecule has 0 saturated carbocycles. The molecule has 8 heteroatoms. The number of nitrogen functional groups attached to an aromatic ring is 1. The summed E-state index contributed by atoms with van der Waals surface area (Å²) < 4.78 is 46.6. The Bertz CT molecular complexity index is 487. The quantitative estimate of drug-likeness (QED) is 0.784. The van der Waals surface area contributed by atoms with Gasteiger partial charge in [0.25, 0.3) is 16.4 Å². The largest absolute Gasteiger partial charge is 0.398 e. The van der Waals surface area contributed by atoms with Crippen LogP contribution < -0.4 is 10.9 Å². The van der Waals surface area contributed by atoms with Gasteiger partial charge in [0.2, 0.25) is 0 Å². The standard InChI is InChI=1S/C7H9F2N3O2S/c1-3-4(10)2-5(15(11,13)14)12-6(3)7(8)9/h2,7H,1H3,(H2,10,12)(H2,11,13,14). The summed E-state index contributed by atoms with van der Waals surface area (Å²) >= 11 is 0. The third-order valence-electron chi connectivity index (χ3n) is 1.83. The van der Waals surface area contributed by atoms with E-state index in [1.165, 1.54) is 6.92 Å². The van der Waals surface area contributed by atoms with Crippen molar-refractivity contribution in [2.24, 2.45) is 5.14 Å². The van der Waals surface area contributed by atoms with E-state index in [4.69, 9.17) is 10.9 Å². The van der Waals surface area contributed by atoms with Crippen LogP contribution >= 0.6 is 0 Å². The summed E-state index contributed by atoms with van der Waals surface area (Å²) in [6.45, 7) is 1.33. The maximum absolute atomic E-state index is 12.4. The van der Waals surface area contributed by atoms with Crippen molar-refractivity contribution < 1.29 is 17.2 Å². The molecule has 0 amide bonds. The third-order valence-corrected chi connectivity index (χ3v) is 2.62. The Morgan fingerprint density at radius 3 is 2.40 bits per heavy atom. The summed E-state index contributed by atoms with van der Waals surface area (Å²) in [6.07, 6.45) is -2.89. The lowest BCUT2D eigenvalue weighted by Crippen LogP contribution is -2.16. The first-order valence-electron chi connectivity index (χ1n) is 3.81. The van der Waals surface area contributed by atoms with Crippen molar-refractivity contribution in [3.8, 4) is 0 Å². The topological polar surface area (TPSA) is 99.1 Å². The number of halogens is 2. The molecule has 4 N–H and O–H groups in total. The minimum absolute atomic E-state index is 0.0531. The molecular weight excluding hydrogens is 228 g/mol. The highest BCUT2D eigenvalue weighted by Crippen LogP contribution is 2.26. The SMILES string of the molecule is Cc1c(N)cc(S(N)(=O)=O)nc1C(F)F. The highest BCUT2D eigenvalue weighted by Gasteiger charge is 2.19. The molecule has 1 aromatic heterocycles. The Morgan fingerprint density at radius 2 is 2.00 bits per heavy atom. The minimum atomic E-state index is -4.12. The van der Waals surface area contributed by atoms with E-state index in [0.29, 0.717) is 0 Å². The zero-order valence-corrected chi connectivity index (χ0v) is 8.55. The first kappa shape index (κ1) is 11.8. The molecule has 0 unspecified atom stereocenters. The summed E-state index contributed by atoms with van der Waals surface area (Å²) in [5, 5.41) is 4.10. The third kappa shape index (κ3) is 2.39. The summed E-state index contributed by atoms with van der Waals surface area (Å²) in [6, 6.07) is 0.955. The predicted octanol–water partition coefficient (Wildman–Crippen LogP) is 0.557. The van der Waals surface area contributed by atoms with Crippen LogP contribution in [0.2, 0.25) is 0 Å². The van der Waals surface area contributed by atoms with Gasteiger partial charge in [0.1, 0.15) is 5.69 Å². The fraction of sp³-hybridized carbons (Fsp3) is 0.286. The molecule has 0 saturated heterocycles. The Labute approximate surface area is 85.2 Å². The number of nitrogens with two attached hydrogens (primary N) is 2. The molecule has 1 aromatic rings. The van der Waals surface area contributed by atoms with Crippen LogP contribution in [-0.4, -0.2) is 13.4 Å². The second-order valence-electron chi connectivity index (χ2n) is 2.91. The molecule has 0 aromatic carbocycles. The number of anilines is 1. The normalized spacial score (nSPS) is 12.1. The summed E-state index contributed by atoms with van der Waals surface area (Å²) in [5.41, 5.74) is 4.67. The smallest absolute Gasteiger partial charge is 0.280 e. The van der Waals surface area contributed by atoms with Crippen molar-refractivity contribution in [1.82, 2.24) is 4.98 Å². The summed E-state index contributed by atoms with van der Waals surface area (Å²) in [4.78, 5) is 3.26. The molecule has 84 valence electrons. The van der Waals surface area contributed by atoms with E-state index in [1.807, 2.05) is 0 Å². The lowest BCUT2D eigenvalue weighted by molar-refractivity contribution is 0.144. The van der Waals surface area contributed by atoms with Crippen molar-refractivity contribution in [2.45, 2.75) is 18.4 Å². The molecule has 5 nitrogen and oxygen atoms in total. The second-order valence-corrected chi connectivity index (χ2v) is 4.41. The van der Waals surface area contributed by atoms with Crippen molar-refractivity contribution in [3.63, 3.8) is 0 Å². The number of hydrogen-bond donors (Lipinski definition) is 2. The monoisotopic (exact) mass is 237 g/mol. The average Bonchev–Trinajstić information content (AvgIpc) is 2.06. The van der Waals surface area contributed by atoms with E-state index < -0.39 is 27.2 Å². The highest BCUT2D eigenvalue weighted by molar-refractivity contribution is 7.89. The molecule has 0 bridgehead atoms. The van der Waals surface area contributed by atoms with Gasteiger partial charge in [-0.15, -0.1) is 0 Å². The van der Waals surface area contributed by atoms with Crippen molar-refractivity contribution in [2.75, 3.05) is 5.73 Å². The Kier molecular flexibility index (Phi) is 2.91. The Morgan fingerprint density at radius 1 is 1.47 bits per heavy atom. The summed E-state index contributed by atoms with van der Waals surface area (Å²) in [7, 11) is -4.12. The molecule has 1 heterocycles. The van der Waals surface area contributed by atoms with E-state index in [-0.39, 0.29) is 11.3 Å². The van der Waals surface area contributed by atoms with Gasteiger partial charge >= 0.3 is 0 Å². The van der Waals surface area contributed by atoms with Gasteiger partial charge in [-0.3, -0.25) is 0 Å². The maximum Gasteiger partial charge on any atom is 0.280 e. The van der Waals surface area contributed by atoms with E-state index in [2.05, 4.69) is 4.98 Å². The van der Waals surface area contributed by atoms with Crippen molar-refractivity contribution in [3.05, 3.63) is 17.3 Å². The number of hydrogen-bond acceptors (Lipinski definition) is 4. The van der Waals surface area contributed by atoms with E-state index in [0.717, 1.165) is 6.07 Å². The lowest BCUT2D eigenvalue weighted by atomic mass is 10.2. The summed E-state index contributed by atoms with van der Waals surface area (Å²) in [5.74, 6) is 0. The molecule has 15 heavy (non-hydrogen) atoms. The zero-order valence-electron chi connectivity index (χ0n) is 7.74. The highest BCUT2D eigenvalue weighted by atomic mass is 32.2. The Hall–Kier alpha value is -1.28. The number of rotatable bonds is 2. The molecule has 0 aliphatic rings. The molecule has 1 rings (SSSR count). The first-order chi connectivity index (χ1) is 6.73. The molecule has 0 fully saturated rings. The van der Waals surface area contributed by atoms with Crippen molar-refractivity contribution in [1.29, 1.82) is 0 Å².